The van der Waals surface area contributed by atoms with Gasteiger partial charge in [-0.15, -0.1) is 11.3 Å². The number of nitro groups is 1. The predicted molar refractivity (Wildman–Crippen MR) is 111 cm³/mol. The highest BCUT2D eigenvalue weighted by molar-refractivity contribution is 7.20. The molecular formula is C19H16N4O6S. The third kappa shape index (κ3) is 4.89. The number of carbonyl (C=O) groups is 2. The first-order chi connectivity index (χ1) is 14.4. The first kappa shape index (κ1) is 20.7. The number of primary amides is 1. The first-order valence-electron chi connectivity index (χ1n) is 8.48. The van der Waals surface area contributed by atoms with Gasteiger partial charge in [-0.05, 0) is 35.9 Å². The molecule has 2 aromatic carbocycles. The number of carbonyl (C=O) groups excluding carboxylic acids is 2. The van der Waals surface area contributed by atoms with Gasteiger partial charge in [-0.25, -0.2) is 5.43 Å². The molecule has 0 aliphatic carbocycles. The molecule has 0 unspecified atom stereocenters. The topological polar surface area (TPSA) is 146 Å². The highest BCUT2D eigenvalue weighted by Gasteiger charge is 2.13. The van der Waals surface area contributed by atoms with Gasteiger partial charge in [0.15, 0.2) is 18.1 Å². The van der Waals surface area contributed by atoms with Crippen LogP contribution < -0.4 is 20.6 Å². The molecular weight excluding hydrogens is 412 g/mol. The maximum atomic E-state index is 12.3. The highest BCUT2D eigenvalue weighted by Crippen LogP contribution is 2.29. The van der Waals surface area contributed by atoms with Gasteiger partial charge in [-0.1, -0.05) is 0 Å². The summed E-state index contributed by atoms with van der Waals surface area (Å²) in [5.74, 6) is -0.334. The number of methoxy groups -OCH3 is 1. The van der Waals surface area contributed by atoms with E-state index in [0.717, 1.165) is 4.70 Å². The Balaban J connectivity index is 1.68. The zero-order valence-corrected chi connectivity index (χ0v) is 16.5. The van der Waals surface area contributed by atoms with E-state index in [1.165, 1.54) is 36.8 Å². The quantitative estimate of drug-likeness (QED) is 0.320. The maximum absolute atomic E-state index is 12.3. The van der Waals surface area contributed by atoms with Crippen LogP contribution >= 0.6 is 11.3 Å². The van der Waals surface area contributed by atoms with Crippen LogP contribution in [0.1, 0.15) is 15.2 Å². The second kappa shape index (κ2) is 9.01. The Morgan fingerprint density at radius 2 is 2.03 bits per heavy atom. The third-order valence-corrected chi connectivity index (χ3v) is 4.99. The molecule has 1 heterocycles. The van der Waals surface area contributed by atoms with E-state index < -0.39 is 16.7 Å². The van der Waals surface area contributed by atoms with Crippen molar-refractivity contribution in [2.24, 2.45) is 10.8 Å². The Morgan fingerprint density at radius 1 is 1.23 bits per heavy atom. The van der Waals surface area contributed by atoms with E-state index >= 15 is 0 Å². The molecule has 30 heavy (non-hydrogen) atoms. The Kier molecular flexibility index (Phi) is 6.23. The van der Waals surface area contributed by atoms with E-state index in [2.05, 4.69) is 10.5 Å². The molecule has 10 nitrogen and oxygen atoms in total. The summed E-state index contributed by atoms with van der Waals surface area (Å²) in [5, 5.41) is 15.4. The second-order valence-electron chi connectivity index (χ2n) is 5.95. The smallest absolute Gasteiger partial charge is 0.281 e. The monoisotopic (exact) mass is 428 g/mol. The molecule has 11 heteroatoms. The average molecular weight is 428 g/mol. The number of nitrogens with zero attached hydrogens (tertiary/aromatic N) is 2. The Bertz CT molecular complexity index is 1160. The van der Waals surface area contributed by atoms with Crippen LogP contribution in [0.25, 0.3) is 10.1 Å². The van der Waals surface area contributed by atoms with Crippen molar-refractivity contribution in [3.8, 4) is 11.5 Å². The highest BCUT2D eigenvalue weighted by atomic mass is 32.1. The summed E-state index contributed by atoms with van der Waals surface area (Å²) in [6.45, 7) is -0.280. The van der Waals surface area contributed by atoms with Gasteiger partial charge >= 0.3 is 0 Å². The van der Waals surface area contributed by atoms with Crippen molar-refractivity contribution in [2.45, 2.75) is 0 Å². The molecule has 1 aromatic heterocycles. The number of benzene rings is 2. The van der Waals surface area contributed by atoms with Gasteiger partial charge in [-0.3, -0.25) is 19.7 Å². The number of hydrazone groups is 1. The first-order valence-corrected chi connectivity index (χ1v) is 9.29. The number of ether oxygens (including phenoxy) is 2. The number of rotatable bonds is 8. The Morgan fingerprint density at radius 3 is 2.73 bits per heavy atom. The molecule has 0 atom stereocenters. The molecule has 0 saturated heterocycles. The molecule has 0 radical (unpaired) electrons. The minimum Gasteiger partial charge on any atom is -0.493 e. The van der Waals surface area contributed by atoms with Gasteiger partial charge < -0.3 is 15.2 Å². The zero-order valence-electron chi connectivity index (χ0n) is 15.7. The van der Waals surface area contributed by atoms with Crippen molar-refractivity contribution >= 4 is 45.1 Å². The van der Waals surface area contributed by atoms with E-state index in [1.54, 1.807) is 30.3 Å². The Hall–Kier alpha value is -3.99. The van der Waals surface area contributed by atoms with Crippen molar-refractivity contribution in [1.82, 2.24) is 5.43 Å². The molecule has 0 aliphatic heterocycles. The molecule has 0 aliphatic rings. The van der Waals surface area contributed by atoms with Gasteiger partial charge in [0.05, 0.1) is 23.1 Å². The van der Waals surface area contributed by atoms with Crippen LogP contribution in [0.5, 0.6) is 11.5 Å². The van der Waals surface area contributed by atoms with E-state index in [9.17, 15) is 19.7 Å². The summed E-state index contributed by atoms with van der Waals surface area (Å²) in [6, 6.07) is 10.8. The third-order valence-electron chi connectivity index (χ3n) is 3.87. The van der Waals surface area contributed by atoms with Gasteiger partial charge in [0.25, 0.3) is 17.5 Å². The fourth-order valence-corrected chi connectivity index (χ4v) is 3.44. The van der Waals surface area contributed by atoms with Gasteiger partial charge in [0, 0.05) is 22.2 Å². The van der Waals surface area contributed by atoms with Crippen molar-refractivity contribution < 1.29 is 24.0 Å². The molecule has 3 aromatic rings. The molecule has 3 N–H and O–H groups in total. The fourth-order valence-electron chi connectivity index (χ4n) is 2.51. The average Bonchev–Trinajstić information content (AvgIpc) is 3.15. The summed E-state index contributed by atoms with van der Waals surface area (Å²) in [5.41, 5.74) is 8.04. The SMILES string of the molecule is COc1cc(/C=N\NC(=O)c2cc3cc([N+](=O)[O-])ccc3s2)ccc1OCC(N)=O. The van der Waals surface area contributed by atoms with Crippen LogP contribution in [0.3, 0.4) is 0 Å². The molecule has 0 spiro atoms. The lowest BCUT2D eigenvalue weighted by atomic mass is 10.2. The lowest BCUT2D eigenvalue weighted by molar-refractivity contribution is -0.384. The molecule has 0 fully saturated rings. The minimum atomic E-state index is -0.610. The van der Waals surface area contributed by atoms with Crippen LogP contribution in [0.15, 0.2) is 47.6 Å². The lowest BCUT2D eigenvalue weighted by Gasteiger charge is -2.09. The van der Waals surface area contributed by atoms with Crippen LogP contribution in [0.2, 0.25) is 0 Å². The lowest BCUT2D eigenvalue weighted by Crippen LogP contribution is -2.20. The molecule has 154 valence electrons. The van der Waals surface area contributed by atoms with E-state index in [-0.39, 0.29) is 12.3 Å². The number of nitrogens with two attached hydrogens (primary N) is 1. The molecule has 3 rings (SSSR count). The summed E-state index contributed by atoms with van der Waals surface area (Å²) in [4.78, 5) is 33.9. The van der Waals surface area contributed by atoms with E-state index in [1.807, 2.05) is 0 Å². The van der Waals surface area contributed by atoms with Crippen molar-refractivity contribution in [1.29, 1.82) is 0 Å². The molecule has 0 bridgehead atoms. The van der Waals surface area contributed by atoms with E-state index in [4.69, 9.17) is 15.2 Å². The second-order valence-corrected chi connectivity index (χ2v) is 7.04. The predicted octanol–water partition coefficient (Wildman–Crippen LogP) is 2.45. The van der Waals surface area contributed by atoms with Crippen LogP contribution in [-0.4, -0.2) is 36.7 Å². The summed E-state index contributed by atoms with van der Waals surface area (Å²) in [6.07, 6.45) is 1.41. The van der Waals surface area contributed by atoms with Crippen molar-refractivity contribution in [3.63, 3.8) is 0 Å². The maximum Gasteiger partial charge on any atom is 0.281 e. The number of nitro benzene ring substituents is 1. The normalized spacial score (nSPS) is 10.8. The van der Waals surface area contributed by atoms with E-state index in [0.29, 0.717) is 27.3 Å². The summed E-state index contributed by atoms with van der Waals surface area (Å²) >= 11 is 1.21. The van der Waals surface area contributed by atoms with Gasteiger partial charge in [-0.2, -0.15) is 5.10 Å². The minimum absolute atomic E-state index is 0.0394. The Labute approximate surface area is 174 Å². The van der Waals surface area contributed by atoms with Crippen molar-refractivity contribution in [3.05, 3.63) is 63.0 Å². The van der Waals surface area contributed by atoms with Crippen LogP contribution in [0.4, 0.5) is 5.69 Å². The fraction of sp³-hybridized carbons (Fsp3) is 0.105. The number of amides is 2. The van der Waals surface area contributed by atoms with Gasteiger partial charge in [0.1, 0.15) is 0 Å². The number of nitrogens with one attached hydrogen (secondary N) is 1. The standard InChI is InChI=1S/C19H16N4O6S/c1-28-15-6-11(2-4-14(15)29-10-18(20)24)9-21-22-19(25)17-8-12-7-13(23(26)27)3-5-16(12)30-17/h2-9H,10H2,1H3,(H2,20,24)(H,22,25)/b21-9-. The number of hydrogen-bond donors (Lipinski definition) is 2. The van der Waals surface area contributed by atoms with Crippen LogP contribution in [-0.2, 0) is 4.79 Å². The number of non-ortho nitro benzene ring substituents is 1. The molecule has 2 amide bonds. The van der Waals surface area contributed by atoms with Gasteiger partial charge in [0.2, 0.25) is 0 Å². The largest absolute Gasteiger partial charge is 0.493 e. The summed E-state index contributed by atoms with van der Waals surface area (Å²) < 4.78 is 11.2. The number of thiophene rings is 1. The van der Waals surface area contributed by atoms with Crippen LogP contribution in [0, 0.1) is 10.1 Å². The zero-order chi connectivity index (χ0) is 21.7. The number of fused-ring (bicyclic) bond motifs is 1. The molecule has 0 saturated carbocycles. The van der Waals surface area contributed by atoms with Crippen molar-refractivity contribution in [2.75, 3.05) is 13.7 Å². The number of hydrogen-bond acceptors (Lipinski definition) is 8. The summed E-state index contributed by atoms with van der Waals surface area (Å²) in [7, 11) is 1.45.